The Morgan fingerprint density at radius 1 is 1.12 bits per heavy atom. The number of aryl methyl sites for hydroxylation is 1. The number of nitrogens with one attached hydrogen (secondary N) is 2. The van der Waals surface area contributed by atoms with E-state index in [4.69, 9.17) is 17.2 Å². The van der Waals surface area contributed by atoms with E-state index < -0.39 is 12.1 Å². The van der Waals surface area contributed by atoms with Crippen LogP contribution in [0.4, 0.5) is 13.2 Å². The molecule has 0 fully saturated rings. The molecule has 0 saturated heterocycles. The van der Waals surface area contributed by atoms with Crippen LogP contribution in [0.1, 0.15) is 30.9 Å². The first kappa shape index (κ1) is 30.6. The van der Waals surface area contributed by atoms with Gasteiger partial charge in [-0.2, -0.15) is 4.98 Å². The van der Waals surface area contributed by atoms with Crippen molar-refractivity contribution in [2.45, 2.75) is 39.1 Å². The summed E-state index contributed by atoms with van der Waals surface area (Å²) in [6.45, 7) is 4.44. The molecule has 10 nitrogen and oxygen atoms in total. The number of aliphatic imine (C=N–C) groups is 1. The standard InChI is InChI=1S/C29H35F3N8O2/c1-18(15-37-27(34)35)14-36-16-19-5-7-23(8-6-19)40-17-22-13-25(38-26(22)39-28(40)41)21-10-20(4-2-3-9-33)11-24(12-21)42-29(30,31)32/h5-8,10-13,17-18,36H,2-4,9,14-16,33H2,1H3,(H4,34,35,37)(H,38,39,41)/t18-/m0/s1. The molecule has 2 aromatic heterocycles. The van der Waals surface area contributed by atoms with Gasteiger partial charge in [0.2, 0.25) is 0 Å². The summed E-state index contributed by atoms with van der Waals surface area (Å²) in [6.07, 6.45) is -1.14. The Balaban J connectivity index is 1.54. The summed E-state index contributed by atoms with van der Waals surface area (Å²) in [5, 5.41) is 3.98. The van der Waals surface area contributed by atoms with E-state index in [0.717, 1.165) is 24.9 Å². The second-order valence-corrected chi connectivity index (χ2v) is 10.2. The van der Waals surface area contributed by atoms with E-state index in [2.05, 4.69) is 25.0 Å². The first-order chi connectivity index (χ1) is 20.0. The molecule has 2 aromatic carbocycles. The third-order valence-corrected chi connectivity index (χ3v) is 6.56. The molecule has 2 heterocycles. The number of hydrogen-bond acceptors (Lipinski definition) is 6. The van der Waals surface area contributed by atoms with Crippen molar-refractivity contribution >= 4 is 17.0 Å². The van der Waals surface area contributed by atoms with E-state index in [1.165, 1.54) is 16.7 Å². The molecule has 1 atom stereocenters. The molecule has 0 spiro atoms. The van der Waals surface area contributed by atoms with Gasteiger partial charge in [-0.15, -0.1) is 13.2 Å². The Kier molecular flexibility index (Phi) is 9.86. The van der Waals surface area contributed by atoms with Crippen LogP contribution in [0.25, 0.3) is 28.0 Å². The quantitative estimate of drug-likeness (QED) is 0.0912. The lowest BCUT2D eigenvalue weighted by Gasteiger charge is -2.12. The van der Waals surface area contributed by atoms with E-state index in [9.17, 15) is 18.0 Å². The van der Waals surface area contributed by atoms with Crippen LogP contribution in [0.2, 0.25) is 0 Å². The predicted molar refractivity (Wildman–Crippen MR) is 157 cm³/mol. The monoisotopic (exact) mass is 584 g/mol. The third kappa shape index (κ3) is 8.57. The average Bonchev–Trinajstić information content (AvgIpc) is 3.34. The fourth-order valence-corrected chi connectivity index (χ4v) is 4.52. The Morgan fingerprint density at radius 3 is 2.57 bits per heavy atom. The molecule has 0 radical (unpaired) electrons. The van der Waals surface area contributed by atoms with E-state index >= 15 is 0 Å². The van der Waals surface area contributed by atoms with Gasteiger partial charge in [-0.1, -0.05) is 19.1 Å². The highest BCUT2D eigenvalue weighted by molar-refractivity contribution is 5.83. The maximum Gasteiger partial charge on any atom is 0.573 e. The highest BCUT2D eigenvalue weighted by Gasteiger charge is 2.31. The number of unbranched alkanes of at least 4 members (excludes halogenated alkanes) is 1. The van der Waals surface area contributed by atoms with Crippen LogP contribution in [-0.4, -0.2) is 46.5 Å². The summed E-state index contributed by atoms with van der Waals surface area (Å²) in [4.78, 5) is 24.1. The summed E-state index contributed by atoms with van der Waals surface area (Å²) < 4.78 is 44.6. The van der Waals surface area contributed by atoms with Crippen LogP contribution < -0.4 is 32.9 Å². The minimum absolute atomic E-state index is 0.0733. The largest absolute Gasteiger partial charge is 0.573 e. The van der Waals surface area contributed by atoms with Gasteiger partial charge in [0.05, 0.1) is 5.69 Å². The van der Waals surface area contributed by atoms with Crippen molar-refractivity contribution in [3.8, 4) is 22.7 Å². The summed E-state index contributed by atoms with van der Waals surface area (Å²) in [5.41, 5.74) is 19.5. The zero-order valence-electron chi connectivity index (χ0n) is 23.2. The van der Waals surface area contributed by atoms with Crippen LogP contribution in [0, 0.1) is 5.92 Å². The number of aromatic amines is 1. The fraction of sp³-hybridized carbons (Fsp3) is 0.345. The predicted octanol–water partition coefficient (Wildman–Crippen LogP) is 3.56. The molecule has 0 amide bonds. The maximum atomic E-state index is 13.0. The summed E-state index contributed by atoms with van der Waals surface area (Å²) in [5.74, 6) is 0.0206. The first-order valence-electron chi connectivity index (χ1n) is 13.6. The molecule has 42 heavy (non-hydrogen) atoms. The van der Waals surface area contributed by atoms with Crippen molar-refractivity contribution in [2.75, 3.05) is 19.6 Å². The number of benzene rings is 2. The Bertz CT molecular complexity index is 1570. The average molecular weight is 585 g/mol. The third-order valence-electron chi connectivity index (χ3n) is 6.56. The number of aromatic nitrogens is 3. The Hall–Kier alpha value is -4.36. The second-order valence-electron chi connectivity index (χ2n) is 10.2. The summed E-state index contributed by atoms with van der Waals surface area (Å²) >= 11 is 0. The van der Waals surface area contributed by atoms with Gasteiger partial charge >= 0.3 is 12.1 Å². The number of alkyl halides is 3. The Labute approximate surface area is 240 Å². The van der Waals surface area contributed by atoms with Gasteiger partial charge in [0.15, 0.2) is 5.96 Å². The number of halogens is 3. The SMILES string of the molecule is C[C@H](CN=C(N)N)CNCc1ccc(-n2cc3cc(-c4cc(CCCCN)cc(OC(F)(F)F)c4)[nH]c3nc2=O)cc1. The molecule has 0 unspecified atom stereocenters. The van der Waals surface area contributed by atoms with Gasteiger partial charge in [-0.3, -0.25) is 9.56 Å². The molecule has 0 aliphatic rings. The number of fused-ring (bicyclic) bond motifs is 1. The maximum absolute atomic E-state index is 13.0. The van der Waals surface area contributed by atoms with Gasteiger partial charge in [-0.25, -0.2) is 4.79 Å². The van der Waals surface area contributed by atoms with Crippen molar-refractivity contribution in [3.63, 3.8) is 0 Å². The molecule has 4 rings (SSSR count). The van der Waals surface area contributed by atoms with Crippen molar-refractivity contribution in [1.82, 2.24) is 19.9 Å². The van der Waals surface area contributed by atoms with Gasteiger partial charge in [0, 0.05) is 35.9 Å². The normalized spacial score (nSPS) is 12.4. The molecule has 0 bridgehead atoms. The molecule has 4 aromatic rings. The first-order valence-corrected chi connectivity index (χ1v) is 13.6. The molecule has 0 aliphatic carbocycles. The van der Waals surface area contributed by atoms with Crippen molar-refractivity contribution in [3.05, 3.63) is 76.3 Å². The Morgan fingerprint density at radius 2 is 1.88 bits per heavy atom. The number of hydrogen-bond donors (Lipinski definition) is 5. The van der Waals surface area contributed by atoms with Crippen LogP contribution in [0.3, 0.4) is 0 Å². The van der Waals surface area contributed by atoms with Crippen LogP contribution in [0.5, 0.6) is 5.75 Å². The van der Waals surface area contributed by atoms with Crippen molar-refractivity contribution < 1.29 is 17.9 Å². The zero-order valence-corrected chi connectivity index (χ0v) is 23.2. The lowest BCUT2D eigenvalue weighted by molar-refractivity contribution is -0.274. The molecule has 8 N–H and O–H groups in total. The number of ether oxygens (including phenoxy) is 1. The molecule has 13 heteroatoms. The number of H-pyrrole nitrogens is 1. The lowest BCUT2D eigenvalue weighted by Crippen LogP contribution is -2.26. The second kappa shape index (κ2) is 13.5. The molecule has 224 valence electrons. The summed E-state index contributed by atoms with van der Waals surface area (Å²) in [6, 6.07) is 13.7. The van der Waals surface area contributed by atoms with Crippen LogP contribution >= 0.6 is 0 Å². The van der Waals surface area contributed by atoms with E-state index in [-0.39, 0.29) is 17.6 Å². The van der Waals surface area contributed by atoms with E-state index in [1.54, 1.807) is 18.3 Å². The van der Waals surface area contributed by atoms with Crippen molar-refractivity contribution in [2.24, 2.45) is 28.1 Å². The topological polar surface area (TPSA) is 162 Å². The van der Waals surface area contributed by atoms with Gasteiger partial charge in [0.1, 0.15) is 11.4 Å². The molecule has 0 saturated carbocycles. The van der Waals surface area contributed by atoms with Gasteiger partial charge < -0.3 is 32.2 Å². The van der Waals surface area contributed by atoms with E-state index in [0.29, 0.717) is 59.6 Å². The zero-order chi connectivity index (χ0) is 30.3. The fourth-order valence-electron chi connectivity index (χ4n) is 4.52. The molecule has 0 aliphatic heterocycles. The molecular weight excluding hydrogens is 549 g/mol. The number of nitrogens with two attached hydrogens (primary N) is 3. The highest BCUT2D eigenvalue weighted by Crippen LogP contribution is 2.31. The minimum atomic E-state index is -4.82. The highest BCUT2D eigenvalue weighted by atomic mass is 19.4. The van der Waals surface area contributed by atoms with Gasteiger partial charge in [0.25, 0.3) is 0 Å². The van der Waals surface area contributed by atoms with Crippen LogP contribution in [-0.2, 0) is 13.0 Å². The van der Waals surface area contributed by atoms with Gasteiger partial charge in [-0.05, 0) is 85.8 Å². The smallest absolute Gasteiger partial charge is 0.406 e. The number of guanidine groups is 1. The lowest BCUT2D eigenvalue weighted by atomic mass is 10.0. The minimum Gasteiger partial charge on any atom is -0.406 e. The van der Waals surface area contributed by atoms with E-state index in [1.807, 2.05) is 31.2 Å². The molecular formula is C29H35F3N8O2. The summed E-state index contributed by atoms with van der Waals surface area (Å²) in [7, 11) is 0. The van der Waals surface area contributed by atoms with Crippen LogP contribution in [0.15, 0.2) is 64.5 Å². The van der Waals surface area contributed by atoms with Crippen molar-refractivity contribution in [1.29, 1.82) is 0 Å². The number of nitrogens with zero attached hydrogens (tertiary/aromatic N) is 3. The number of rotatable bonds is 13.